The summed E-state index contributed by atoms with van der Waals surface area (Å²) < 4.78 is 14.0. The first kappa shape index (κ1) is 13.6. The Balaban J connectivity index is 2.02. The lowest BCUT2D eigenvalue weighted by atomic mass is 10.0. The number of aldehydes is 1. The molecule has 0 saturated carbocycles. The summed E-state index contributed by atoms with van der Waals surface area (Å²) in [5, 5.41) is 1.10. The Morgan fingerprint density at radius 1 is 1.19 bits per heavy atom. The number of halogens is 2. The second kappa shape index (κ2) is 5.58. The molecule has 5 heteroatoms. The summed E-state index contributed by atoms with van der Waals surface area (Å²) in [4.78, 5) is 18.9. The SMILES string of the molecule is O=Cc1ccnc(Cc2cc(F)c3ncc(Cl)cc3c2)c1. The van der Waals surface area contributed by atoms with Crippen LogP contribution in [0.25, 0.3) is 10.9 Å². The van der Waals surface area contributed by atoms with Gasteiger partial charge >= 0.3 is 0 Å². The molecule has 21 heavy (non-hydrogen) atoms. The molecule has 0 saturated heterocycles. The highest BCUT2D eigenvalue weighted by atomic mass is 35.5. The average Bonchev–Trinajstić information content (AvgIpc) is 2.47. The van der Waals surface area contributed by atoms with Crippen LogP contribution in [0.4, 0.5) is 4.39 Å². The molecular weight excluding hydrogens is 291 g/mol. The zero-order chi connectivity index (χ0) is 14.8. The van der Waals surface area contributed by atoms with Crippen molar-refractivity contribution in [3.05, 3.63) is 70.4 Å². The fourth-order valence-electron chi connectivity index (χ4n) is 2.22. The number of benzene rings is 1. The summed E-state index contributed by atoms with van der Waals surface area (Å²) in [5.41, 5.74) is 2.29. The van der Waals surface area contributed by atoms with E-state index < -0.39 is 5.82 Å². The van der Waals surface area contributed by atoms with Gasteiger partial charge in [-0.1, -0.05) is 11.6 Å². The van der Waals surface area contributed by atoms with Crippen LogP contribution in [-0.2, 0) is 6.42 Å². The highest BCUT2D eigenvalue weighted by molar-refractivity contribution is 6.31. The van der Waals surface area contributed by atoms with Gasteiger partial charge in [0.25, 0.3) is 0 Å². The van der Waals surface area contributed by atoms with E-state index in [2.05, 4.69) is 9.97 Å². The fraction of sp³-hybridized carbons (Fsp3) is 0.0625. The van der Waals surface area contributed by atoms with Crippen LogP contribution in [-0.4, -0.2) is 16.3 Å². The molecule has 2 heterocycles. The van der Waals surface area contributed by atoms with Crippen molar-refractivity contribution < 1.29 is 9.18 Å². The van der Waals surface area contributed by atoms with Gasteiger partial charge in [-0.15, -0.1) is 0 Å². The molecule has 0 aliphatic heterocycles. The summed E-state index contributed by atoms with van der Waals surface area (Å²) in [6.07, 6.45) is 4.17. The van der Waals surface area contributed by atoms with E-state index in [-0.39, 0.29) is 5.52 Å². The zero-order valence-corrected chi connectivity index (χ0v) is 11.6. The second-order valence-corrected chi connectivity index (χ2v) is 5.11. The van der Waals surface area contributed by atoms with Crippen molar-refractivity contribution in [3.63, 3.8) is 0 Å². The molecule has 3 rings (SSSR count). The molecule has 0 fully saturated rings. The van der Waals surface area contributed by atoms with Gasteiger partial charge < -0.3 is 0 Å². The largest absolute Gasteiger partial charge is 0.298 e. The van der Waals surface area contributed by atoms with Crippen LogP contribution in [0, 0.1) is 5.82 Å². The Morgan fingerprint density at radius 3 is 2.86 bits per heavy atom. The lowest BCUT2D eigenvalue weighted by molar-refractivity contribution is 0.112. The quantitative estimate of drug-likeness (QED) is 0.691. The smallest absolute Gasteiger partial charge is 0.150 e. The van der Waals surface area contributed by atoms with E-state index in [1.807, 2.05) is 6.07 Å². The summed E-state index contributed by atoms with van der Waals surface area (Å²) in [7, 11) is 0. The van der Waals surface area contributed by atoms with Gasteiger partial charge in [0.1, 0.15) is 17.6 Å². The fourth-order valence-corrected chi connectivity index (χ4v) is 2.38. The number of hydrogen-bond acceptors (Lipinski definition) is 3. The van der Waals surface area contributed by atoms with Gasteiger partial charge in [-0.3, -0.25) is 14.8 Å². The van der Waals surface area contributed by atoms with Gasteiger partial charge in [-0.05, 0) is 35.9 Å². The molecule has 3 aromatic rings. The molecule has 0 radical (unpaired) electrons. The Labute approximate surface area is 125 Å². The number of carbonyl (C=O) groups excluding carboxylic acids is 1. The minimum absolute atomic E-state index is 0.290. The number of carbonyl (C=O) groups is 1. The molecule has 0 N–H and O–H groups in total. The van der Waals surface area contributed by atoms with Crippen molar-refractivity contribution in [2.75, 3.05) is 0 Å². The molecule has 0 unspecified atom stereocenters. The van der Waals surface area contributed by atoms with E-state index in [1.54, 1.807) is 24.4 Å². The van der Waals surface area contributed by atoms with Crippen molar-refractivity contribution >= 4 is 28.8 Å². The molecular formula is C16H10ClFN2O. The van der Waals surface area contributed by atoms with Crippen molar-refractivity contribution in [1.29, 1.82) is 0 Å². The molecule has 0 atom stereocenters. The lowest BCUT2D eigenvalue weighted by Crippen LogP contribution is -1.96. The van der Waals surface area contributed by atoms with Crippen LogP contribution in [0.5, 0.6) is 0 Å². The Hall–Kier alpha value is -2.33. The van der Waals surface area contributed by atoms with Crippen LogP contribution >= 0.6 is 11.6 Å². The van der Waals surface area contributed by atoms with Crippen LogP contribution in [0.15, 0.2) is 42.7 Å². The van der Waals surface area contributed by atoms with E-state index in [4.69, 9.17) is 11.6 Å². The highest BCUT2D eigenvalue weighted by Gasteiger charge is 2.07. The number of hydrogen-bond donors (Lipinski definition) is 0. The van der Waals surface area contributed by atoms with Gasteiger partial charge in [0.05, 0.1) is 5.02 Å². The maximum absolute atomic E-state index is 14.0. The molecule has 1 aromatic carbocycles. The first-order valence-electron chi connectivity index (χ1n) is 6.29. The molecule has 0 aliphatic carbocycles. The molecule has 2 aromatic heterocycles. The Kier molecular flexibility index (Phi) is 3.62. The molecule has 0 amide bonds. The van der Waals surface area contributed by atoms with E-state index in [0.717, 1.165) is 11.8 Å². The first-order valence-corrected chi connectivity index (χ1v) is 6.67. The number of aromatic nitrogens is 2. The third kappa shape index (κ3) is 2.90. The van der Waals surface area contributed by atoms with Crippen molar-refractivity contribution in [3.8, 4) is 0 Å². The van der Waals surface area contributed by atoms with Crippen molar-refractivity contribution in [2.45, 2.75) is 6.42 Å². The second-order valence-electron chi connectivity index (χ2n) is 4.68. The topological polar surface area (TPSA) is 42.9 Å². The monoisotopic (exact) mass is 300 g/mol. The predicted octanol–water partition coefficient (Wildman–Crippen LogP) is 3.83. The number of pyridine rings is 2. The summed E-state index contributed by atoms with van der Waals surface area (Å²) in [6, 6.07) is 8.24. The summed E-state index contributed by atoms with van der Waals surface area (Å²) >= 11 is 5.89. The van der Waals surface area contributed by atoms with Crippen molar-refractivity contribution in [2.24, 2.45) is 0 Å². The Bertz CT molecular complexity index is 836. The molecule has 0 bridgehead atoms. The van der Waals surface area contributed by atoms with Crippen LogP contribution in [0.1, 0.15) is 21.6 Å². The third-order valence-corrected chi connectivity index (χ3v) is 3.33. The average molecular weight is 301 g/mol. The number of rotatable bonds is 3. The summed E-state index contributed by atoms with van der Waals surface area (Å²) in [5.74, 6) is -0.397. The minimum atomic E-state index is -0.397. The number of fused-ring (bicyclic) bond motifs is 1. The third-order valence-electron chi connectivity index (χ3n) is 3.12. The lowest BCUT2D eigenvalue weighted by Gasteiger charge is -2.05. The van der Waals surface area contributed by atoms with E-state index in [9.17, 15) is 9.18 Å². The maximum atomic E-state index is 14.0. The molecule has 104 valence electrons. The van der Waals surface area contributed by atoms with Gasteiger partial charge in [0.2, 0.25) is 0 Å². The summed E-state index contributed by atoms with van der Waals surface area (Å²) in [6.45, 7) is 0. The van der Waals surface area contributed by atoms with E-state index in [0.29, 0.717) is 28.1 Å². The maximum Gasteiger partial charge on any atom is 0.150 e. The molecule has 3 nitrogen and oxygen atoms in total. The van der Waals surface area contributed by atoms with Crippen LogP contribution in [0.2, 0.25) is 5.02 Å². The van der Waals surface area contributed by atoms with Gasteiger partial charge in [-0.25, -0.2) is 4.39 Å². The van der Waals surface area contributed by atoms with Gasteiger partial charge in [0, 0.05) is 35.5 Å². The predicted molar refractivity (Wildman–Crippen MR) is 79.1 cm³/mol. The number of nitrogens with zero attached hydrogens (tertiary/aromatic N) is 2. The van der Waals surface area contributed by atoms with Crippen LogP contribution < -0.4 is 0 Å². The molecule has 0 spiro atoms. The Morgan fingerprint density at radius 2 is 2.05 bits per heavy atom. The normalized spacial score (nSPS) is 10.8. The zero-order valence-electron chi connectivity index (χ0n) is 10.9. The minimum Gasteiger partial charge on any atom is -0.298 e. The van der Waals surface area contributed by atoms with E-state index in [1.165, 1.54) is 12.3 Å². The van der Waals surface area contributed by atoms with E-state index >= 15 is 0 Å². The van der Waals surface area contributed by atoms with Gasteiger partial charge in [0.15, 0.2) is 0 Å². The van der Waals surface area contributed by atoms with Crippen molar-refractivity contribution in [1.82, 2.24) is 9.97 Å². The van der Waals surface area contributed by atoms with Gasteiger partial charge in [-0.2, -0.15) is 0 Å². The standard InChI is InChI=1S/C16H10ClFN2O/c17-13-7-12-3-11(6-15(18)16(12)20-8-13)5-14-4-10(9-21)1-2-19-14/h1-4,6-9H,5H2. The molecule has 0 aliphatic rings. The first-order chi connectivity index (χ1) is 10.2. The highest BCUT2D eigenvalue weighted by Crippen LogP contribution is 2.22. The van der Waals surface area contributed by atoms with Crippen LogP contribution in [0.3, 0.4) is 0 Å².